The van der Waals surface area contributed by atoms with Crippen molar-refractivity contribution in [2.45, 2.75) is 38.5 Å². The zero-order valence-electron chi connectivity index (χ0n) is 14.7. The first-order valence-electron chi connectivity index (χ1n) is 8.84. The summed E-state index contributed by atoms with van der Waals surface area (Å²) in [6, 6.07) is 10.4. The number of aromatic nitrogens is 5. The molecule has 1 N–H and O–H groups in total. The molecule has 4 rings (SSSR count). The van der Waals surface area contributed by atoms with Crippen molar-refractivity contribution in [1.29, 1.82) is 0 Å². The number of hydrogen-bond acceptors (Lipinski definition) is 7. The maximum atomic E-state index is 6.04. The van der Waals surface area contributed by atoms with Crippen LogP contribution >= 0.6 is 0 Å². The Morgan fingerprint density at radius 2 is 2.04 bits per heavy atom. The molecule has 136 valence electrons. The molecule has 1 aromatic carbocycles. The number of ether oxygens (including phenoxy) is 1. The summed E-state index contributed by atoms with van der Waals surface area (Å²) in [6.45, 7) is 4.59. The van der Waals surface area contributed by atoms with E-state index < -0.39 is 0 Å². The average molecular weight is 354 g/mol. The fourth-order valence-electron chi connectivity index (χ4n) is 3.22. The highest BCUT2D eigenvalue weighted by Gasteiger charge is 2.30. The number of aryl methyl sites for hydroxylation is 2. The zero-order chi connectivity index (χ0) is 17.8. The summed E-state index contributed by atoms with van der Waals surface area (Å²) >= 11 is 0. The summed E-state index contributed by atoms with van der Waals surface area (Å²) in [6.07, 6.45) is 2.71. The molecule has 8 nitrogen and oxygen atoms in total. The van der Waals surface area contributed by atoms with Crippen molar-refractivity contribution >= 4 is 0 Å². The van der Waals surface area contributed by atoms with Crippen LogP contribution in [0.1, 0.15) is 36.2 Å². The maximum Gasteiger partial charge on any atom is 0.246 e. The van der Waals surface area contributed by atoms with E-state index in [0.717, 1.165) is 25.5 Å². The minimum absolute atomic E-state index is 0.113. The van der Waals surface area contributed by atoms with E-state index in [9.17, 15) is 0 Å². The summed E-state index contributed by atoms with van der Waals surface area (Å²) in [5.74, 6) is 1.94. The fourth-order valence-corrected chi connectivity index (χ4v) is 3.22. The smallest absolute Gasteiger partial charge is 0.246 e. The Balaban J connectivity index is 1.38. The Morgan fingerprint density at radius 3 is 2.85 bits per heavy atom. The van der Waals surface area contributed by atoms with E-state index in [2.05, 4.69) is 61.5 Å². The predicted molar refractivity (Wildman–Crippen MR) is 93.1 cm³/mol. The van der Waals surface area contributed by atoms with Crippen LogP contribution in [-0.4, -0.2) is 49.5 Å². The van der Waals surface area contributed by atoms with Gasteiger partial charge in [0.2, 0.25) is 11.8 Å². The van der Waals surface area contributed by atoms with Crippen LogP contribution in [0.3, 0.4) is 0 Å². The van der Waals surface area contributed by atoms with Gasteiger partial charge < -0.3 is 9.15 Å². The van der Waals surface area contributed by atoms with Gasteiger partial charge in [0.25, 0.3) is 0 Å². The van der Waals surface area contributed by atoms with E-state index in [1.54, 1.807) is 0 Å². The Labute approximate surface area is 151 Å². The van der Waals surface area contributed by atoms with Crippen LogP contribution in [0.4, 0.5) is 0 Å². The maximum absolute atomic E-state index is 6.04. The highest BCUT2D eigenvalue weighted by Crippen LogP contribution is 2.25. The van der Waals surface area contributed by atoms with E-state index in [0.29, 0.717) is 24.6 Å². The summed E-state index contributed by atoms with van der Waals surface area (Å²) in [5, 5.41) is 15.0. The number of H-pyrrole nitrogens is 1. The molecule has 26 heavy (non-hydrogen) atoms. The third kappa shape index (κ3) is 4.14. The number of nitrogens with zero attached hydrogens (tertiary/aromatic N) is 5. The lowest BCUT2D eigenvalue weighted by atomic mass is 10.1. The number of nitrogens with one attached hydrogen (secondary N) is 1. The molecule has 2 aromatic heterocycles. The lowest BCUT2D eigenvalue weighted by Crippen LogP contribution is -2.42. The first-order valence-corrected chi connectivity index (χ1v) is 8.84. The van der Waals surface area contributed by atoms with E-state index in [-0.39, 0.29) is 12.2 Å². The molecule has 1 aliphatic rings. The molecule has 3 heterocycles. The number of aromatic amines is 1. The third-order valence-electron chi connectivity index (χ3n) is 4.38. The molecule has 1 aliphatic heterocycles. The van der Waals surface area contributed by atoms with E-state index in [4.69, 9.17) is 9.15 Å². The SMILES string of the molecule is C[C@@H]1CN(Cc2ccccc2)C[C@H](c2nnc(CCc3ncn[nH]3)o2)O1. The molecule has 0 amide bonds. The van der Waals surface area contributed by atoms with Gasteiger partial charge in [-0.05, 0) is 12.5 Å². The lowest BCUT2D eigenvalue weighted by molar-refractivity contribution is -0.0918. The standard InChI is InChI=1S/C18H22N6O2/c1-13-9-24(10-14-5-3-2-4-6-14)11-15(25-13)18-23-22-17(26-18)8-7-16-19-12-20-21-16/h2-6,12-13,15H,7-11H2,1H3,(H,19,20,21)/t13-,15-/m1/s1. The van der Waals surface area contributed by atoms with Gasteiger partial charge in [-0.3, -0.25) is 10.00 Å². The Kier molecular flexibility index (Phi) is 5.03. The molecule has 0 bridgehead atoms. The van der Waals surface area contributed by atoms with Crippen molar-refractivity contribution < 1.29 is 9.15 Å². The number of hydrogen-bond donors (Lipinski definition) is 1. The highest BCUT2D eigenvalue weighted by molar-refractivity contribution is 5.14. The molecule has 2 atom stereocenters. The number of benzene rings is 1. The summed E-state index contributed by atoms with van der Waals surface area (Å²) < 4.78 is 11.9. The van der Waals surface area contributed by atoms with Crippen LogP contribution < -0.4 is 0 Å². The largest absolute Gasteiger partial charge is 0.422 e. The highest BCUT2D eigenvalue weighted by atomic mass is 16.5. The molecule has 8 heteroatoms. The molecule has 0 aliphatic carbocycles. The normalized spacial score (nSPS) is 21.1. The van der Waals surface area contributed by atoms with E-state index >= 15 is 0 Å². The van der Waals surface area contributed by atoms with Gasteiger partial charge in [0.05, 0.1) is 6.10 Å². The fraction of sp³-hybridized carbons (Fsp3) is 0.444. The van der Waals surface area contributed by atoms with Crippen LogP contribution in [0.25, 0.3) is 0 Å². The summed E-state index contributed by atoms with van der Waals surface area (Å²) in [4.78, 5) is 6.47. The van der Waals surface area contributed by atoms with Crippen molar-refractivity contribution in [3.05, 3.63) is 59.8 Å². The van der Waals surface area contributed by atoms with Crippen LogP contribution in [0.2, 0.25) is 0 Å². The monoisotopic (exact) mass is 354 g/mol. The first kappa shape index (κ1) is 16.9. The van der Waals surface area contributed by atoms with Gasteiger partial charge in [-0.15, -0.1) is 10.2 Å². The first-order chi connectivity index (χ1) is 12.8. The quantitative estimate of drug-likeness (QED) is 0.723. The molecule has 0 saturated carbocycles. The summed E-state index contributed by atoms with van der Waals surface area (Å²) in [5.41, 5.74) is 1.29. The Hall–Kier alpha value is -2.58. The third-order valence-corrected chi connectivity index (χ3v) is 4.38. The Bertz CT molecular complexity index is 804. The van der Waals surface area contributed by atoms with Crippen molar-refractivity contribution in [3.8, 4) is 0 Å². The topological polar surface area (TPSA) is 93.0 Å². The van der Waals surface area contributed by atoms with Gasteiger partial charge in [0, 0.05) is 32.5 Å². The molecule has 0 spiro atoms. The second-order valence-electron chi connectivity index (χ2n) is 6.58. The van der Waals surface area contributed by atoms with Gasteiger partial charge in [-0.25, -0.2) is 4.98 Å². The van der Waals surface area contributed by atoms with E-state index in [1.165, 1.54) is 11.9 Å². The molecule has 0 radical (unpaired) electrons. The number of rotatable bonds is 6. The van der Waals surface area contributed by atoms with Crippen LogP contribution in [0.15, 0.2) is 41.1 Å². The van der Waals surface area contributed by atoms with E-state index in [1.807, 2.05) is 6.07 Å². The minimum Gasteiger partial charge on any atom is -0.422 e. The molecule has 0 unspecified atom stereocenters. The minimum atomic E-state index is -0.200. The number of morpholine rings is 1. The van der Waals surface area contributed by atoms with Gasteiger partial charge in [-0.1, -0.05) is 30.3 Å². The molecular weight excluding hydrogens is 332 g/mol. The molecular formula is C18H22N6O2. The van der Waals surface area contributed by atoms with Gasteiger partial charge >= 0.3 is 0 Å². The molecule has 3 aromatic rings. The summed E-state index contributed by atoms with van der Waals surface area (Å²) in [7, 11) is 0. The van der Waals surface area contributed by atoms with Crippen molar-refractivity contribution in [3.63, 3.8) is 0 Å². The zero-order valence-corrected chi connectivity index (χ0v) is 14.7. The van der Waals surface area contributed by atoms with Crippen LogP contribution in [-0.2, 0) is 24.1 Å². The van der Waals surface area contributed by atoms with Crippen molar-refractivity contribution in [2.75, 3.05) is 13.1 Å². The van der Waals surface area contributed by atoms with Crippen LogP contribution in [0.5, 0.6) is 0 Å². The average Bonchev–Trinajstić information content (AvgIpc) is 3.32. The second kappa shape index (κ2) is 7.76. The van der Waals surface area contributed by atoms with Gasteiger partial charge in [0.1, 0.15) is 18.3 Å². The van der Waals surface area contributed by atoms with Crippen molar-refractivity contribution in [2.24, 2.45) is 0 Å². The molecule has 1 fully saturated rings. The van der Waals surface area contributed by atoms with Gasteiger partial charge in [0.15, 0.2) is 0 Å². The lowest BCUT2D eigenvalue weighted by Gasteiger charge is -2.35. The van der Waals surface area contributed by atoms with Gasteiger partial charge in [-0.2, -0.15) is 5.10 Å². The van der Waals surface area contributed by atoms with Crippen LogP contribution in [0, 0.1) is 0 Å². The van der Waals surface area contributed by atoms with Crippen molar-refractivity contribution in [1.82, 2.24) is 30.3 Å². The second-order valence-corrected chi connectivity index (χ2v) is 6.58. The Morgan fingerprint density at radius 1 is 1.15 bits per heavy atom. The molecule has 1 saturated heterocycles. The predicted octanol–water partition coefficient (Wildman–Crippen LogP) is 1.93.